The van der Waals surface area contributed by atoms with E-state index in [1.54, 1.807) is 0 Å². The summed E-state index contributed by atoms with van der Waals surface area (Å²) in [5.41, 5.74) is -0.867. The van der Waals surface area contributed by atoms with Crippen molar-refractivity contribution in [3.63, 3.8) is 0 Å². The van der Waals surface area contributed by atoms with Crippen molar-refractivity contribution in [2.75, 3.05) is 13.7 Å². The molecule has 0 unspecified atom stereocenters. The molecule has 0 spiro atoms. The summed E-state index contributed by atoms with van der Waals surface area (Å²) in [7, 11) is 1.36. The minimum atomic E-state index is -1.84. The number of phenols is 2. The molecule has 2 aliphatic heterocycles. The van der Waals surface area contributed by atoms with Gasteiger partial charge in [-0.2, -0.15) is 0 Å². The van der Waals surface area contributed by atoms with Gasteiger partial charge in [-0.15, -0.1) is 0 Å². The van der Waals surface area contributed by atoms with Gasteiger partial charge in [0.05, 0.1) is 19.8 Å². The summed E-state index contributed by atoms with van der Waals surface area (Å²) < 4.78 is 38.0. The topological polar surface area (TPSA) is 244 Å². The highest BCUT2D eigenvalue weighted by Gasteiger charge is 2.48. The lowest BCUT2D eigenvalue weighted by molar-refractivity contribution is -0.319. The van der Waals surface area contributed by atoms with Crippen LogP contribution >= 0.6 is 0 Å². The number of carbonyl (C=O) groups is 1. The number of methoxy groups -OCH3 is 1. The average molecular weight is 625 g/mol. The molecule has 240 valence electrons. The van der Waals surface area contributed by atoms with Crippen LogP contribution < -0.4 is 14.9 Å². The van der Waals surface area contributed by atoms with Crippen molar-refractivity contribution in [3.8, 4) is 23.0 Å². The molecule has 0 saturated carbocycles. The van der Waals surface area contributed by atoms with E-state index in [2.05, 4.69) is 0 Å². The van der Waals surface area contributed by atoms with Gasteiger partial charge in [0.2, 0.25) is 11.7 Å². The predicted octanol–water partition coefficient (Wildman–Crippen LogP) is -1.03. The molecule has 3 heterocycles. The first-order chi connectivity index (χ1) is 20.8. The number of carbonyl (C=O) groups excluding carboxylic acids is 1. The molecule has 1 aromatic heterocycles. The molecule has 0 bridgehead atoms. The summed E-state index contributed by atoms with van der Waals surface area (Å²) in [6.07, 6.45) is -15.3. The van der Waals surface area contributed by atoms with Gasteiger partial charge in [0, 0.05) is 19.1 Å². The van der Waals surface area contributed by atoms with Crippen LogP contribution in [0.25, 0.3) is 21.9 Å². The van der Waals surface area contributed by atoms with Gasteiger partial charge in [0.25, 0.3) is 0 Å². The summed E-state index contributed by atoms with van der Waals surface area (Å²) in [5.74, 6) is -2.02. The second kappa shape index (κ2) is 12.3. The van der Waals surface area contributed by atoms with E-state index >= 15 is 0 Å². The van der Waals surface area contributed by atoms with Gasteiger partial charge in [0.15, 0.2) is 23.9 Å². The van der Waals surface area contributed by atoms with Crippen LogP contribution in [-0.2, 0) is 23.7 Å². The van der Waals surface area contributed by atoms with Crippen LogP contribution in [0.3, 0.4) is 0 Å². The minimum absolute atomic E-state index is 0.00529. The highest BCUT2D eigenvalue weighted by Crippen LogP contribution is 2.38. The molecular weight excluding hydrogens is 592 g/mol. The highest BCUT2D eigenvalue weighted by atomic mass is 16.7. The summed E-state index contributed by atoms with van der Waals surface area (Å²) >= 11 is 0. The lowest BCUT2D eigenvalue weighted by atomic mass is 9.98. The van der Waals surface area contributed by atoms with Crippen molar-refractivity contribution in [2.45, 2.75) is 75.3 Å². The molecule has 2 fully saturated rings. The number of phenolic OH excluding ortho intramolecular Hbond substituents is 2. The molecule has 10 atom stereocenters. The van der Waals surface area contributed by atoms with E-state index in [4.69, 9.17) is 32.8 Å². The quantitative estimate of drug-likeness (QED) is 0.123. The molecule has 7 N–H and O–H groups in total. The van der Waals surface area contributed by atoms with Crippen molar-refractivity contribution in [2.24, 2.45) is 0 Å². The first-order valence-corrected chi connectivity index (χ1v) is 13.5. The Bertz CT molecular complexity index is 1590. The summed E-state index contributed by atoms with van der Waals surface area (Å²) in [6, 6.07) is 5.08. The predicted molar refractivity (Wildman–Crippen MR) is 145 cm³/mol. The van der Waals surface area contributed by atoms with E-state index in [-0.39, 0.29) is 33.4 Å². The standard InChI is InChI=1S/C28H32O16/c1-9-26(41-10(2)29)23(35)25(37)27(40-9)39-8-16-20(32)22(34)24(36)28(44-16)43-14-5-4-13-18(19(14)31)21(33)17-12(30)6-11(38-3)7-15(17)42-13/h4-7,9,16,20,22-28,30-32,34-37H,8H2,1-3H3/t9-,16+,20+,22-,23-,24+,25+,26-,27+,28+/m0/s1. The fraction of sp³-hybridized carbons (Fsp3) is 0.500. The van der Waals surface area contributed by atoms with Gasteiger partial charge in [-0.05, 0) is 19.1 Å². The number of esters is 1. The molecule has 2 aromatic carbocycles. The smallest absolute Gasteiger partial charge is 0.303 e. The third kappa shape index (κ3) is 5.73. The Kier molecular flexibility index (Phi) is 8.88. The Labute approximate surface area is 248 Å². The van der Waals surface area contributed by atoms with Crippen LogP contribution in [0.2, 0.25) is 0 Å². The van der Waals surface area contributed by atoms with E-state index in [9.17, 15) is 45.3 Å². The SMILES string of the molecule is COc1cc(O)c2c(=O)c3c(O)c(O[C@@H]4O[C@H](CO[C@@H]5O[C@@H](C)[C@H](OC(C)=O)[C@@H](O)[C@H]5O)[C@@H](O)[C@H](O)[C@H]4O)ccc3oc2c1. The molecule has 0 radical (unpaired) electrons. The maximum atomic E-state index is 13.2. The van der Waals surface area contributed by atoms with E-state index in [0.717, 1.165) is 6.92 Å². The van der Waals surface area contributed by atoms with Crippen molar-refractivity contribution < 1.29 is 73.4 Å². The summed E-state index contributed by atoms with van der Waals surface area (Å²) in [6.45, 7) is 2.06. The molecule has 16 nitrogen and oxygen atoms in total. The molecule has 5 rings (SSSR count). The summed E-state index contributed by atoms with van der Waals surface area (Å²) in [5, 5.41) is 73.1. The largest absolute Gasteiger partial charge is 0.507 e. The monoisotopic (exact) mass is 624 g/mol. The molecule has 2 saturated heterocycles. The van der Waals surface area contributed by atoms with Crippen molar-refractivity contribution in [3.05, 3.63) is 34.5 Å². The van der Waals surface area contributed by atoms with Crippen molar-refractivity contribution in [1.29, 1.82) is 0 Å². The number of aliphatic hydroxyl groups is 5. The highest BCUT2D eigenvalue weighted by molar-refractivity contribution is 5.97. The number of fused-ring (bicyclic) bond motifs is 2. The van der Waals surface area contributed by atoms with E-state index < -0.39 is 90.9 Å². The molecule has 44 heavy (non-hydrogen) atoms. The van der Waals surface area contributed by atoms with Crippen LogP contribution in [-0.4, -0.2) is 117 Å². The van der Waals surface area contributed by atoms with Gasteiger partial charge in [-0.3, -0.25) is 9.59 Å². The summed E-state index contributed by atoms with van der Waals surface area (Å²) in [4.78, 5) is 24.6. The number of hydrogen-bond acceptors (Lipinski definition) is 16. The molecule has 0 amide bonds. The lowest BCUT2D eigenvalue weighted by Crippen LogP contribution is -2.62. The zero-order chi connectivity index (χ0) is 32.0. The zero-order valence-corrected chi connectivity index (χ0v) is 23.6. The molecule has 16 heteroatoms. The zero-order valence-electron chi connectivity index (χ0n) is 23.6. The van der Waals surface area contributed by atoms with Crippen molar-refractivity contribution in [1.82, 2.24) is 0 Å². The number of aliphatic hydroxyl groups excluding tert-OH is 5. The van der Waals surface area contributed by atoms with Crippen LogP contribution in [0, 0.1) is 0 Å². The van der Waals surface area contributed by atoms with Gasteiger partial charge < -0.3 is 68.6 Å². The first-order valence-electron chi connectivity index (χ1n) is 13.5. The van der Waals surface area contributed by atoms with Gasteiger partial charge >= 0.3 is 5.97 Å². The average Bonchev–Trinajstić information content (AvgIpc) is 2.97. The van der Waals surface area contributed by atoms with Crippen LogP contribution in [0.1, 0.15) is 13.8 Å². The molecule has 2 aliphatic rings. The number of aromatic hydroxyl groups is 2. The van der Waals surface area contributed by atoms with Gasteiger partial charge in [0.1, 0.15) is 70.1 Å². The Morgan fingerprint density at radius 1 is 0.886 bits per heavy atom. The van der Waals surface area contributed by atoms with E-state index in [1.807, 2.05) is 0 Å². The fourth-order valence-corrected chi connectivity index (χ4v) is 5.16. The Balaban J connectivity index is 1.35. The van der Waals surface area contributed by atoms with Gasteiger partial charge in [-0.1, -0.05) is 0 Å². The first kappa shape index (κ1) is 31.7. The van der Waals surface area contributed by atoms with E-state index in [1.165, 1.54) is 38.3 Å². The maximum absolute atomic E-state index is 13.2. The Morgan fingerprint density at radius 3 is 2.27 bits per heavy atom. The third-order valence-corrected chi connectivity index (χ3v) is 7.48. The van der Waals surface area contributed by atoms with Crippen LogP contribution in [0.5, 0.6) is 23.0 Å². The molecular formula is C28H32O16. The fourth-order valence-electron chi connectivity index (χ4n) is 5.16. The number of hydrogen-bond donors (Lipinski definition) is 7. The second-order valence-electron chi connectivity index (χ2n) is 10.5. The Morgan fingerprint density at radius 2 is 1.59 bits per heavy atom. The molecule has 0 aliphatic carbocycles. The normalized spacial score (nSPS) is 32.5. The van der Waals surface area contributed by atoms with Crippen LogP contribution in [0.4, 0.5) is 0 Å². The van der Waals surface area contributed by atoms with Crippen molar-refractivity contribution >= 4 is 27.9 Å². The number of benzene rings is 2. The number of ether oxygens (including phenoxy) is 6. The minimum Gasteiger partial charge on any atom is -0.507 e. The second-order valence-corrected chi connectivity index (χ2v) is 10.5. The van der Waals surface area contributed by atoms with E-state index in [0.29, 0.717) is 0 Å². The maximum Gasteiger partial charge on any atom is 0.303 e. The lowest BCUT2D eigenvalue weighted by Gasteiger charge is -2.43. The molecule has 3 aromatic rings. The van der Waals surface area contributed by atoms with Gasteiger partial charge in [-0.25, -0.2) is 0 Å². The number of rotatable bonds is 7. The third-order valence-electron chi connectivity index (χ3n) is 7.48. The Hall–Kier alpha value is -3.74. The van der Waals surface area contributed by atoms with Crippen LogP contribution in [0.15, 0.2) is 33.5 Å².